The zero-order valence-electron chi connectivity index (χ0n) is 12.4. The number of carbonyl (C=O) groups is 2. The van der Waals surface area contributed by atoms with E-state index in [1.165, 1.54) is 0 Å². The van der Waals surface area contributed by atoms with Crippen molar-refractivity contribution in [3.8, 4) is 0 Å². The Morgan fingerprint density at radius 3 is 2.20 bits per heavy atom. The summed E-state index contributed by atoms with van der Waals surface area (Å²) in [5.41, 5.74) is 0.305. The van der Waals surface area contributed by atoms with E-state index < -0.39 is 23.5 Å². The van der Waals surface area contributed by atoms with Crippen molar-refractivity contribution < 1.29 is 19.4 Å². The summed E-state index contributed by atoms with van der Waals surface area (Å²) in [5.74, 6) is -2.49. The average molecular weight is 278 g/mol. The molecule has 110 valence electrons. The largest absolute Gasteiger partial charge is 0.481 e. The van der Waals surface area contributed by atoms with Crippen LogP contribution in [0.4, 0.5) is 0 Å². The zero-order valence-corrected chi connectivity index (χ0v) is 12.4. The number of hydrogen-bond donors (Lipinski definition) is 1. The van der Waals surface area contributed by atoms with Gasteiger partial charge in [-0.3, -0.25) is 9.59 Å². The van der Waals surface area contributed by atoms with E-state index in [0.29, 0.717) is 0 Å². The molecule has 0 aliphatic rings. The second-order valence-corrected chi connectivity index (χ2v) is 5.93. The van der Waals surface area contributed by atoms with Gasteiger partial charge in [0.25, 0.3) is 0 Å². The quantitative estimate of drug-likeness (QED) is 0.840. The number of esters is 1. The molecule has 2 atom stereocenters. The molecular weight excluding hydrogens is 256 g/mol. The number of carboxylic acid groups (broad SMARTS) is 1. The average Bonchev–Trinajstić information content (AvgIpc) is 2.34. The lowest BCUT2D eigenvalue weighted by atomic mass is 9.85. The normalized spacial score (nSPS) is 14.4. The fourth-order valence-electron chi connectivity index (χ4n) is 2.03. The van der Waals surface area contributed by atoms with Crippen molar-refractivity contribution in [1.29, 1.82) is 0 Å². The molecule has 0 heterocycles. The van der Waals surface area contributed by atoms with Crippen LogP contribution in [-0.2, 0) is 14.3 Å². The van der Waals surface area contributed by atoms with Crippen LogP contribution in [0.5, 0.6) is 0 Å². The predicted molar refractivity (Wildman–Crippen MR) is 76.4 cm³/mol. The summed E-state index contributed by atoms with van der Waals surface area (Å²) in [6, 6.07) is 9.34. The van der Waals surface area contributed by atoms with E-state index in [2.05, 4.69) is 0 Å². The van der Waals surface area contributed by atoms with Crippen LogP contribution in [0.3, 0.4) is 0 Å². The summed E-state index contributed by atoms with van der Waals surface area (Å²) in [5, 5.41) is 9.34. The third kappa shape index (κ3) is 5.03. The number of ether oxygens (including phenoxy) is 1. The maximum absolute atomic E-state index is 11.8. The maximum Gasteiger partial charge on any atom is 0.307 e. The molecule has 0 bridgehead atoms. The molecule has 0 spiro atoms. The number of hydrogen-bond acceptors (Lipinski definition) is 3. The molecule has 1 rings (SSSR count). The van der Waals surface area contributed by atoms with E-state index in [1.807, 2.05) is 37.3 Å². The van der Waals surface area contributed by atoms with E-state index in [4.69, 9.17) is 4.74 Å². The van der Waals surface area contributed by atoms with Crippen LogP contribution in [0.15, 0.2) is 30.3 Å². The van der Waals surface area contributed by atoms with Crippen molar-refractivity contribution in [3.63, 3.8) is 0 Å². The highest BCUT2D eigenvalue weighted by Crippen LogP contribution is 2.28. The molecule has 4 nitrogen and oxygen atoms in total. The standard InChI is InChI=1S/C16H22O4/c1-11(12-8-6-5-7-9-12)13(15(18)19)10-14(17)20-16(2,3)4/h5-9,11,13H,10H2,1-4H3,(H,18,19)/t11?,13-/m1/s1. The van der Waals surface area contributed by atoms with Crippen LogP contribution < -0.4 is 0 Å². The highest BCUT2D eigenvalue weighted by molar-refractivity contribution is 5.79. The van der Waals surface area contributed by atoms with Crippen molar-refractivity contribution in [3.05, 3.63) is 35.9 Å². The van der Waals surface area contributed by atoms with Crippen molar-refractivity contribution in [1.82, 2.24) is 0 Å². The lowest BCUT2D eigenvalue weighted by Crippen LogP contribution is -2.29. The lowest BCUT2D eigenvalue weighted by Gasteiger charge is -2.23. The van der Waals surface area contributed by atoms with Gasteiger partial charge in [-0.05, 0) is 32.3 Å². The van der Waals surface area contributed by atoms with Crippen LogP contribution >= 0.6 is 0 Å². The van der Waals surface area contributed by atoms with Gasteiger partial charge < -0.3 is 9.84 Å². The smallest absolute Gasteiger partial charge is 0.307 e. The first-order valence-corrected chi connectivity index (χ1v) is 6.70. The Bertz CT molecular complexity index is 459. The minimum absolute atomic E-state index is 0.122. The molecule has 0 saturated carbocycles. The molecule has 0 amide bonds. The predicted octanol–water partition coefficient (Wildman–Crippen LogP) is 3.22. The summed E-state index contributed by atoms with van der Waals surface area (Å²) < 4.78 is 5.20. The van der Waals surface area contributed by atoms with Crippen LogP contribution in [-0.4, -0.2) is 22.6 Å². The molecule has 1 aromatic carbocycles. The maximum atomic E-state index is 11.8. The third-order valence-corrected chi connectivity index (χ3v) is 3.05. The Morgan fingerprint density at radius 1 is 1.20 bits per heavy atom. The van der Waals surface area contributed by atoms with E-state index in [1.54, 1.807) is 20.8 Å². The molecule has 1 N–H and O–H groups in total. The zero-order chi connectivity index (χ0) is 15.3. The molecule has 0 saturated heterocycles. The van der Waals surface area contributed by atoms with Gasteiger partial charge >= 0.3 is 11.9 Å². The molecule has 0 aliphatic heterocycles. The highest BCUT2D eigenvalue weighted by atomic mass is 16.6. The van der Waals surface area contributed by atoms with Gasteiger partial charge in [0.1, 0.15) is 5.60 Å². The number of rotatable bonds is 5. The summed E-state index contributed by atoms with van der Waals surface area (Å²) >= 11 is 0. The Hall–Kier alpha value is -1.84. The molecule has 1 aromatic rings. The van der Waals surface area contributed by atoms with Crippen LogP contribution in [0, 0.1) is 5.92 Å². The number of benzene rings is 1. The number of aliphatic carboxylic acids is 1. The highest BCUT2D eigenvalue weighted by Gasteiger charge is 2.30. The molecule has 4 heteroatoms. The van der Waals surface area contributed by atoms with E-state index in [0.717, 1.165) is 5.56 Å². The number of carbonyl (C=O) groups excluding carboxylic acids is 1. The first-order valence-electron chi connectivity index (χ1n) is 6.70. The lowest BCUT2D eigenvalue weighted by molar-refractivity contribution is -0.160. The van der Waals surface area contributed by atoms with Gasteiger partial charge in [0.05, 0.1) is 12.3 Å². The van der Waals surface area contributed by atoms with Gasteiger partial charge in [-0.25, -0.2) is 0 Å². The molecule has 0 radical (unpaired) electrons. The van der Waals surface area contributed by atoms with E-state index in [9.17, 15) is 14.7 Å². The van der Waals surface area contributed by atoms with Gasteiger partial charge in [-0.1, -0.05) is 37.3 Å². The van der Waals surface area contributed by atoms with Crippen molar-refractivity contribution in [2.75, 3.05) is 0 Å². The van der Waals surface area contributed by atoms with Crippen LogP contribution in [0.1, 0.15) is 45.6 Å². The van der Waals surface area contributed by atoms with Gasteiger partial charge in [0.15, 0.2) is 0 Å². The molecule has 0 fully saturated rings. The summed E-state index contributed by atoms with van der Waals surface area (Å²) in [7, 11) is 0. The first kappa shape index (κ1) is 16.2. The van der Waals surface area contributed by atoms with Gasteiger partial charge in [0.2, 0.25) is 0 Å². The van der Waals surface area contributed by atoms with Crippen molar-refractivity contribution in [2.24, 2.45) is 5.92 Å². The summed E-state index contributed by atoms with van der Waals surface area (Å²) in [6.45, 7) is 7.11. The Morgan fingerprint density at radius 2 is 1.75 bits per heavy atom. The van der Waals surface area contributed by atoms with Crippen molar-refractivity contribution in [2.45, 2.75) is 45.6 Å². The monoisotopic (exact) mass is 278 g/mol. The topological polar surface area (TPSA) is 63.6 Å². The fraction of sp³-hybridized carbons (Fsp3) is 0.500. The Labute approximate surface area is 119 Å². The van der Waals surface area contributed by atoms with E-state index >= 15 is 0 Å². The van der Waals surface area contributed by atoms with Gasteiger partial charge in [-0.15, -0.1) is 0 Å². The third-order valence-electron chi connectivity index (χ3n) is 3.05. The van der Waals surface area contributed by atoms with Gasteiger partial charge in [0, 0.05) is 0 Å². The van der Waals surface area contributed by atoms with Crippen molar-refractivity contribution >= 4 is 11.9 Å². The minimum Gasteiger partial charge on any atom is -0.481 e. The fourth-order valence-corrected chi connectivity index (χ4v) is 2.03. The first-order chi connectivity index (χ1) is 9.20. The second kappa shape index (κ2) is 6.55. The SMILES string of the molecule is CC(c1ccccc1)[C@@H](CC(=O)OC(C)(C)C)C(=O)O. The Kier molecular flexibility index (Phi) is 5.31. The van der Waals surface area contributed by atoms with E-state index in [-0.39, 0.29) is 12.3 Å². The molecule has 20 heavy (non-hydrogen) atoms. The minimum atomic E-state index is -0.979. The molecule has 1 unspecified atom stereocenters. The summed E-state index contributed by atoms with van der Waals surface area (Å²) in [6.07, 6.45) is -0.122. The summed E-state index contributed by atoms with van der Waals surface area (Å²) in [4.78, 5) is 23.2. The second-order valence-electron chi connectivity index (χ2n) is 5.93. The molecular formula is C16H22O4. The van der Waals surface area contributed by atoms with Gasteiger partial charge in [-0.2, -0.15) is 0 Å². The Balaban J connectivity index is 2.80. The number of carboxylic acids is 1. The molecule has 0 aliphatic carbocycles. The molecule has 0 aromatic heterocycles. The van der Waals surface area contributed by atoms with Crippen LogP contribution in [0.2, 0.25) is 0 Å². The van der Waals surface area contributed by atoms with Crippen LogP contribution in [0.25, 0.3) is 0 Å².